The topological polar surface area (TPSA) is 15.3 Å². The lowest BCUT2D eigenvalue weighted by Gasteiger charge is -2.13. The highest BCUT2D eigenvalue weighted by Crippen LogP contribution is 1.81. The van der Waals surface area contributed by atoms with E-state index in [4.69, 9.17) is 0 Å². The van der Waals surface area contributed by atoms with Crippen molar-refractivity contribution >= 4 is 0 Å². The Morgan fingerprint density at radius 1 is 0.688 bits per heavy atom. The van der Waals surface area contributed by atoms with E-state index in [9.17, 15) is 0 Å². The molecule has 2 nitrogen and oxygen atoms in total. The molecule has 0 rings (SSSR count). The van der Waals surface area contributed by atoms with E-state index in [1.54, 1.807) is 0 Å². The van der Waals surface area contributed by atoms with E-state index in [-0.39, 0.29) is 7.43 Å². The van der Waals surface area contributed by atoms with E-state index >= 15 is 0 Å². The predicted molar refractivity (Wildman–Crippen MR) is 80.4 cm³/mol. The van der Waals surface area contributed by atoms with Crippen molar-refractivity contribution in [2.45, 2.75) is 62.3 Å². The molecule has 104 valence electrons. The Bertz CT molecular complexity index is 63.6. The third-order valence-corrected chi connectivity index (χ3v) is 1.84. The number of nitrogens with zero attached hydrogens (tertiary/aromatic N) is 1. The lowest BCUT2D eigenvalue weighted by Crippen LogP contribution is -2.21. The van der Waals surface area contributed by atoms with Gasteiger partial charge in [-0.1, -0.05) is 62.3 Å². The minimum absolute atomic E-state index is 0. The van der Waals surface area contributed by atoms with Gasteiger partial charge >= 0.3 is 0 Å². The van der Waals surface area contributed by atoms with Gasteiger partial charge in [0.1, 0.15) is 0 Å². The van der Waals surface area contributed by atoms with Crippen LogP contribution in [0.5, 0.6) is 0 Å². The molecule has 0 bridgehead atoms. The van der Waals surface area contributed by atoms with Crippen molar-refractivity contribution in [2.75, 3.05) is 32.7 Å². The van der Waals surface area contributed by atoms with E-state index < -0.39 is 0 Å². The van der Waals surface area contributed by atoms with Gasteiger partial charge in [-0.05, 0) is 32.7 Å². The average molecular weight is 234 g/mol. The number of nitrogens with one attached hydrogen (secondary N) is 1. The maximum atomic E-state index is 3.11. The fourth-order valence-corrected chi connectivity index (χ4v) is 0.921. The fraction of sp³-hybridized carbons (Fsp3) is 1.00. The van der Waals surface area contributed by atoms with Crippen LogP contribution in [0.4, 0.5) is 0 Å². The molecule has 0 aromatic rings. The maximum Gasteiger partial charge on any atom is -0.00474 e. The van der Waals surface area contributed by atoms with E-state index in [1.807, 2.05) is 0 Å². The van der Waals surface area contributed by atoms with Crippen LogP contribution in [0.3, 0.4) is 0 Å². The minimum atomic E-state index is 0. The zero-order valence-electron chi connectivity index (χ0n) is 12.2. The van der Waals surface area contributed by atoms with Crippen LogP contribution in [0.2, 0.25) is 0 Å². The van der Waals surface area contributed by atoms with Crippen molar-refractivity contribution in [3.8, 4) is 0 Å². The lowest BCUT2D eigenvalue weighted by molar-refractivity contribution is 0.321. The zero-order valence-corrected chi connectivity index (χ0v) is 12.2. The highest BCUT2D eigenvalue weighted by atomic mass is 15.1. The molecule has 16 heavy (non-hydrogen) atoms. The molecule has 0 spiro atoms. The van der Waals surface area contributed by atoms with Crippen LogP contribution >= 0.6 is 0 Å². The number of rotatable bonds is 5. The van der Waals surface area contributed by atoms with Crippen LogP contribution < -0.4 is 5.32 Å². The molecule has 0 aliphatic carbocycles. The summed E-state index contributed by atoms with van der Waals surface area (Å²) >= 11 is 0. The minimum Gasteiger partial charge on any atom is -0.317 e. The van der Waals surface area contributed by atoms with Crippen molar-refractivity contribution in [2.24, 2.45) is 0 Å². The summed E-state index contributed by atoms with van der Waals surface area (Å²) < 4.78 is 0. The summed E-state index contributed by atoms with van der Waals surface area (Å²) in [6, 6.07) is 0. The molecule has 0 radical (unpaired) electrons. The fourth-order valence-electron chi connectivity index (χ4n) is 0.921. The molecule has 2 heteroatoms. The Balaban J connectivity index is -0.0000000710. The normalized spacial score (nSPS) is 8.25. The van der Waals surface area contributed by atoms with Crippen LogP contribution in [0.25, 0.3) is 0 Å². The van der Waals surface area contributed by atoms with Crippen LogP contribution in [0.1, 0.15) is 62.3 Å². The molecule has 0 heterocycles. The SMILES string of the molecule is C.CCC.CCN(CC)CC.CCNCC. The van der Waals surface area contributed by atoms with Gasteiger partial charge in [0, 0.05) is 0 Å². The molecule has 0 fully saturated rings. The quantitative estimate of drug-likeness (QED) is 0.773. The zero-order chi connectivity index (χ0) is 12.5. The molecule has 0 aliphatic rings. The summed E-state index contributed by atoms with van der Waals surface area (Å²) in [5.74, 6) is 0. The van der Waals surface area contributed by atoms with Gasteiger partial charge in [0.15, 0.2) is 0 Å². The lowest BCUT2D eigenvalue weighted by atomic mass is 10.5. The molecule has 0 aliphatic heterocycles. The van der Waals surface area contributed by atoms with Crippen molar-refractivity contribution in [3.05, 3.63) is 0 Å². The third-order valence-electron chi connectivity index (χ3n) is 1.84. The van der Waals surface area contributed by atoms with Crippen LogP contribution in [0, 0.1) is 0 Å². The summed E-state index contributed by atoms with van der Waals surface area (Å²) in [6.45, 7) is 20.8. The van der Waals surface area contributed by atoms with Gasteiger partial charge < -0.3 is 10.2 Å². The van der Waals surface area contributed by atoms with E-state index in [2.05, 4.69) is 58.7 Å². The van der Waals surface area contributed by atoms with Crippen molar-refractivity contribution in [3.63, 3.8) is 0 Å². The first-order valence-electron chi connectivity index (χ1n) is 6.61. The van der Waals surface area contributed by atoms with Crippen LogP contribution in [0.15, 0.2) is 0 Å². The standard InChI is InChI=1S/C6H15N.C4H11N.C3H8.CH4/c1-4-7(5-2)6-3;1-3-5-4-2;1-3-2;/h4-6H2,1-3H3;5H,3-4H2,1-2H3;3H2,1-2H3;1H4. The number of hydrogen-bond acceptors (Lipinski definition) is 2. The first-order valence-corrected chi connectivity index (χ1v) is 6.61. The van der Waals surface area contributed by atoms with Gasteiger partial charge in [0.2, 0.25) is 0 Å². The molecule has 0 amide bonds. The summed E-state index contributed by atoms with van der Waals surface area (Å²) in [5.41, 5.74) is 0. The summed E-state index contributed by atoms with van der Waals surface area (Å²) in [6.07, 6.45) is 1.25. The van der Waals surface area contributed by atoms with Crippen molar-refractivity contribution < 1.29 is 0 Å². The largest absolute Gasteiger partial charge is 0.317 e. The van der Waals surface area contributed by atoms with Crippen LogP contribution in [-0.2, 0) is 0 Å². The molecule has 0 aromatic carbocycles. The molecule has 0 aromatic heterocycles. The molecular weight excluding hydrogens is 196 g/mol. The van der Waals surface area contributed by atoms with Gasteiger partial charge in [0.25, 0.3) is 0 Å². The predicted octanol–water partition coefficient (Wildman–Crippen LogP) is 4.02. The molecule has 0 saturated carbocycles. The Morgan fingerprint density at radius 3 is 0.938 bits per heavy atom. The van der Waals surface area contributed by atoms with E-state index in [0.29, 0.717) is 0 Å². The Kier molecular flexibility index (Phi) is 45.8. The Labute approximate surface area is 106 Å². The first-order chi connectivity index (χ1) is 7.17. The maximum absolute atomic E-state index is 3.11. The summed E-state index contributed by atoms with van der Waals surface area (Å²) in [4.78, 5) is 2.38. The van der Waals surface area contributed by atoms with E-state index in [1.165, 1.54) is 26.1 Å². The Morgan fingerprint density at radius 2 is 0.938 bits per heavy atom. The van der Waals surface area contributed by atoms with Crippen molar-refractivity contribution in [1.29, 1.82) is 0 Å². The second-order valence-corrected chi connectivity index (χ2v) is 3.28. The highest BCUT2D eigenvalue weighted by Gasteiger charge is 1.89. The molecule has 0 atom stereocenters. The van der Waals surface area contributed by atoms with E-state index in [0.717, 1.165) is 13.1 Å². The Hall–Kier alpha value is -0.0800. The van der Waals surface area contributed by atoms with Crippen LogP contribution in [-0.4, -0.2) is 37.6 Å². The second kappa shape index (κ2) is 29.4. The molecule has 0 unspecified atom stereocenters. The first kappa shape index (κ1) is 24.9. The van der Waals surface area contributed by atoms with Gasteiger partial charge in [-0.2, -0.15) is 0 Å². The third kappa shape index (κ3) is 37.0. The van der Waals surface area contributed by atoms with Gasteiger partial charge in [-0.3, -0.25) is 0 Å². The monoisotopic (exact) mass is 234 g/mol. The molecular formula is C14H38N2. The second-order valence-electron chi connectivity index (χ2n) is 3.28. The smallest absolute Gasteiger partial charge is 0.00474 e. The summed E-state index contributed by atoms with van der Waals surface area (Å²) in [5, 5.41) is 3.11. The average Bonchev–Trinajstić information content (AvgIpc) is 2.24. The van der Waals surface area contributed by atoms with Gasteiger partial charge in [-0.15, -0.1) is 0 Å². The molecule has 1 N–H and O–H groups in total. The van der Waals surface area contributed by atoms with Gasteiger partial charge in [-0.25, -0.2) is 0 Å². The molecule has 0 saturated heterocycles. The van der Waals surface area contributed by atoms with Gasteiger partial charge in [0.05, 0.1) is 0 Å². The summed E-state index contributed by atoms with van der Waals surface area (Å²) in [7, 11) is 0. The number of hydrogen-bond donors (Lipinski definition) is 1. The van der Waals surface area contributed by atoms with Crippen molar-refractivity contribution in [1.82, 2.24) is 10.2 Å². The highest BCUT2D eigenvalue weighted by molar-refractivity contribution is 4.43.